The zero-order chi connectivity index (χ0) is 15.6. The predicted octanol–water partition coefficient (Wildman–Crippen LogP) is 1.45. The minimum atomic E-state index is -0.569. The Morgan fingerprint density at radius 3 is 2.62 bits per heavy atom. The van der Waals surface area contributed by atoms with Crippen LogP contribution in [0.2, 0.25) is 0 Å². The van der Waals surface area contributed by atoms with Gasteiger partial charge in [-0.05, 0) is 32.6 Å². The van der Waals surface area contributed by atoms with E-state index in [2.05, 4.69) is 22.7 Å². The van der Waals surface area contributed by atoms with E-state index in [4.69, 9.17) is 0 Å². The SMILES string of the molecule is C[C@H](NC(=O)Nc1cnn([C@H](C)C2CC2)c1)C(=O)N(C)C. The van der Waals surface area contributed by atoms with E-state index in [1.54, 1.807) is 27.2 Å². The average Bonchev–Trinajstić information content (AvgIpc) is 3.17. The topological polar surface area (TPSA) is 79.3 Å². The molecular weight excluding hydrogens is 270 g/mol. The van der Waals surface area contributed by atoms with Gasteiger partial charge in [-0.2, -0.15) is 5.10 Å². The van der Waals surface area contributed by atoms with Crippen molar-refractivity contribution in [3.8, 4) is 0 Å². The van der Waals surface area contributed by atoms with Crippen molar-refractivity contribution in [2.75, 3.05) is 19.4 Å². The van der Waals surface area contributed by atoms with Crippen LogP contribution in [0.25, 0.3) is 0 Å². The fourth-order valence-electron chi connectivity index (χ4n) is 2.23. The van der Waals surface area contributed by atoms with Crippen LogP contribution in [0.15, 0.2) is 12.4 Å². The number of urea groups is 1. The molecule has 116 valence electrons. The number of hydrogen-bond donors (Lipinski definition) is 2. The summed E-state index contributed by atoms with van der Waals surface area (Å²) in [7, 11) is 3.31. The number of likely N-dealkylation sites (N-methyl/N-ethyl adjacent to an activating group) is 1. The van der Waals surface area contributed by atoms with Crippen molar-refractivity contribution >= 4 is 17.6 Å². The predicted molar refractivity (Wildman–Crippen MR) is 80.0 cm³/mol. The van der Waals surface area contributed by atoms with Crippen molar-refractivity contribution in [2.24, 2.45) is 5.92 Å². The van der Waals surface area contributed by atoms with Gasteiger partial charge in [0.25, 0.3) is 0 Å². The number of carbonyl (C=O) groups is 2. The van der Waals surface area contributed by atoms with Crippen LogP contribution in [0, 0.1) is 5.92 Å². The zero-order valence-electron chi connectivity index (χ0n) is 13.0. The van der Waals surface area contributed by atoms with Crippen LogP contribution in [-0.4, -0.2) is 46.8 Å². The summed E-state index contributed by atoms with van der Waals surface area (Å²) < 4.78 is 1.88. The van der Waals surface area contributed by atoms with E-state index in [0.29, 0.717) is 17.6 Å². The zero-order valence-corrected chi connectivity index (χ0v) is 13.0. The van der Waals surface area contributed by atoms with E-state index in [1.165, 1.54) is 17.7 Å². The standard InChI is InChI=1S/C14H23N5O2/c1-9(13(20)18(3)4)16-14(21)17-12-7-15-19(8-12)10(2)11-5-6-11/h7-11H,5-6H2,1-4H3,(H2,16,17,21)/t9-,10+/m0/s1. The third kappa shape index (κ3) is 3.96. The highest BCUT2D eigenvalue weighted by molar-refractivity contribution is 5.93. The lowest BCUT2D eigenvalue weighted by Crippen LogP contribution is -2.45. The van der Waals surface area contributed by atoms with Crippen LogP contribution >= 0.6 is 0 Å². The number of rotatable bonds is 5. The Morgan fingerprint density at radius 1 is 1.38 bits per heavy atom. The first kappa shape index (κ1) is 15.3. The van der Waals surface area contributed by atoms with Crippen molar-refractivity contribution in [3.05, 3.63) is 12.4 Å². The maximum absolute atomic E-state index is 11.8. The molecule has 0 spiro atoms. The summed E-state index contributed by atoms with van der Waals surface area (Å²) in [4.78, 5) is 25.0. The first-order chi connectivity index (χ1) is 9.88. The van der Waals surface area contributed by atoms with Crippen LogP contribution in [0.5, 0.6) is 0 Å². The van der Waals surface area contributed by atoms with Gasteiger partial charge < -0.3 is 15.5 Å². The summed E-state index contributed by atoms with van der Waals surface area (Å²) in [5, 5.41) is 9.57. The van der Waals surface area contributed by atoms with E-state index >= 15 is 0 Å². The summed E-state index contributed by atoms with van der Waals surface area (Å²) >= 11 is 0. The molecule has 2 N–H and O–H groups in total. The fraction of sp³-hybridized carbons (Fsp3) is 0.643. The number of nitrogens with zero attached hydrogens (tertiary/aromatic N) is 3. The highest BCUT2D eigenvalue weighted by atomic mass is 16.2. The van der Waals surface area contributed by atoms with E-state index in [-0.39, 0.29) is 5.91 Å². The molecule has 0 bridgehead atoms. The van der Waals surface area contributed by atoms with Crippen molar-refractivity contribution in [1.29, 1.82) is 0 Å². The molecule has 0 unspecified atom stereocenters. The van der Waals surface area contributed by atoms with Crippen LogP contribution < -0.4 is 10.6 Å². The van der Waals surface area contributed by atoms with E-state index < -0.39 is 12.1 Å². The third-order valence-electron chi connectivity index (χ3n) is 3.74. The fourth-order valence-corrected chi connectivity index (χ4v) is 2.23. The lowest BCUT2D eigenvalue weighted by molar-refractivity contribution is -0.130. The lowest BCUT2D eigenvalue weighted by atomic mass is 10.2. The molecular formula is C14H23N5O2. The molecule has 1 saturated carbocycles. The second-order valence-electron chi connectivity index (χ2n) is 5.84. The van der Waals surface area contributed by atoms with Crippen molar-refractivity contribution in [3.63, 3.8) is 0 Å². The van der Waals surface area contributed by atoms with E-state index in [1.807, 2.05) is 10.9 Å². The number of anilines is 1. The molecule has 7 nitrogen and oxygen atoms in total. The maximum Gasteiger partial charge on any atom is 0.319 e. The largest absolute Gasteiger partial charge is 0.347 e. The van der Waals surface area contributed by atoms with Gasteiger partial charge in [0.15, 0.2) is 0 Å². The van der Waals surface area contributed by atoms with Gasteiger partial charge in [0.1, 0.15) is 6.04 Å². The Morgan fingerprint density at radius 2 is 2.05 bits per heavy atom. The molecule has 0 aromatic carbocycles. The van der Waals surface area contributed by atoms with Crippen LogP contribution in [-0.2, 0) is 4.79 Å². The van der Waals surface area contributed by atoms with Gasteiger partial charge in [-0.1, -0.05) is 0 Å². The Hall–Kier alpha value is -2.05. The first-order valence-corrected chi connectivity index (χ1v) is 7.21. The number of aromatic nitrogens is 2. The molecule has 1 aromatic heterocycles. The number of nitrogens with one attached hydrogen (secondary N) is 2. The molecule has 1 fully saturated rings. The Labute approximate surface area is 124 Å². The van der Waals surface area contributed by atoms with Crippen LogP contribution in [0.3, 0.4) is 0 Å². The van der Waals surface area contributed by atoms with Gasteiger partial charge in [-0.25, -0.2) is 4.79 Å². The van der Waals surface area contributed by atoms with Gasteiger partial charge in [0.05, 0.1) is 17.9 Å². The summed E-state index contributed by atoms with van der Waals surface area (Å²) in [5.41, 5.74) is 0.629. The molecule has 0 saturated heterocycles. The highest BCUT2D eigenvalue weighted by Gasteiger charge is 2.29. The molecule has 1 aromatic rings. The second-order valence-corrected chi connectivity index (χ2v) is 5.84. The molecule has 21 heavy (non-hydrogen) atoms. The minimum Gasteiger partial charge on any atom is -0.347 e. The van der Waals surface area contributed by atoms with Crippen molar-refractivity contribution in [2.45, 2.75) is 38.8 Å². The van der Waals surface area contributed by atoms with Gasteiger partial charge in [-0.3, -0.25) is 9.48 Å². The van der Waals surface area contributed by atoms with Crippen molar-refractivity contribution < 1.29 is 9.59 Å². The maximum atomic E-state index is 11.8. The average molecular weight is 293 g/mol. The quantitative estimate of drug-likeness (QED) is 0.862. The van der Waals surface area contributed by atoms with Gasteiger partial charge in [0.2, 0.25) is 5.91 Å². The summed E-state index contributed by atoms with van der Waals surface area (Å²) in [6.45, 7) is 3.78. The summed E-state index contributed by atoms with van der Waals surface area (Å²) in [6, 6.07) is -0.616. The molecule has 3 amide bonds. The van der Waals surface area contributed by atoms with Gasteiger partial charge in [-0.15, -0.1) is 0 Å². The summed E-state index contributed by atoms with van der Waals surface area (Å²) in [6.07, 6.45) is 5.93. The monoisotopic (exact) mass is 293 g/mol. The second kappa shape index (κ2) is 6.15. The molecule has 0 aliphatic heterocycles. The molecule has 7 heteroatoms. The first-order valence-electron chi connectivity index (χ1n) is 7.21. The normalized spacial score (nSPS) is 17.0. The highest BCUT2D eigenvalue weighted by Crippen LogP contribution is 2.39. The molecule has 0 radical (unpaired) electrons. The third-order valence-corrected chi connectivity index (χ3v) is 3.74. The number of amides is 3. The van der Waals surface area contributed by atoms with Gasteiger partial charge >= 0.3 is 6.03 Å². The molecule has 1 aliphatic carbocycles. The smallest absolute Gasteiger partial charge is 0.319 e. The van der Waals surface area contributed by atoms with Crippen LogP contribution in [0.1, 0.15) is 32.7 Å². The molecule has 1 heterocycles. The van der Waals surface area contributed by atoms with Gasteiger partial charge in [0, 0.05) is 20.3 Å². The molecule has 1 aliphatic rings. The van der Waals surface area contributed by atoms with E-state index in [0.717, 1.165) is 0 Å². The minimum absolute atomic E-state index is 0.150. The lowest BCUT2D eigenvalue weighted by Gasteiger charge is -2.17. The molecule has 2 atom stereocenters. The van der Waals surface area contributed by atoms with Crippen molar-refractivity contribution in [1.82, 2.24) is 20.0 Å². The Kier molecular flexibility index (Phi) is 4.50. The molecule has 2 rings (SSSR count). The Bertz CT molecular complexity index is 521. The Balaban J connectivity index is 1.86. The van der Waals surface area contributed by atoms with Crippen LogP contribution in [0.4, 0.5) is 10.5 Å². The summed E-state index contributed by atoms with van der Waals surface area (Å²) in [5.74, 6) is 0.549. The number of carbonyl (C=O) groups excluding carboxylic acids is 2. The van der Waals surface area contributed by atoms with E-state index in [9.17, 15) is 9.59 Å². The number of hydrogen-bond acceptors (Lipinski definition) is 3.